The second-order valence-corrected chi connectivity index (χ2v) is 7.89. The lowest BCUT2D eigenvalue weighted by atomic mass is 9.94. The van der Waals surface area contributed by atoms with Crippen LogP contribution in [0.1, 0.15) is 16.8 Å². The number of furan rings is 1. The highest BCUT2D eigenvalue weighted by Crippen LogP contribution is 2.39. The van der Waals surface area contributed by atoms with Gasteiger partial charge in [0, 0.05) is 22.5 Å². The van der Waals surface area contributed by atoms with E-state index in [1.54, 1.807) is 13.0 Å². The van der Waals surface area contributed by atoms with Crippen molar-refractivity contribution in [3.05, 3.63) is 83.4 Å². The van der Waals surface area contributed by atoms with Gasteiger partial charge in [-0.05, 0) is 61.7 Å². The van der Waals surface area contributed by atoms with Crippen molar-refractivity contribution in [2.75, 3.05) is 0 Å². The number of halogens is 1. The van der Waals surface area contributed by atoms with Gasteiger partial charge in [-0.3, -0.25) is 0 Å². The molecule has 3 aromatic heterocycles. The van der Waals surface area contributed by atoms with Crippen molar-refractivity contribution in [3.63, 3.8) is 0 Å². The maximum Gasteiger partial charge on any atom is 0.227 e. The van der Waals surface area contributed by atoms with Gasteiger partial charge in [0.05, 0.1) is 11.1 Å². The Morgan fingerprint density at radius 2 is 1.67 bits per heavy atom. The third-order valence-electron chi connectivity index (χ3n) is 5.75. The molecule has 3 heterocycles. The third kappa shape index (κ3) is 2.79. The minimum atomic E-state index is -0.205. The molecule has 0 spiro atoms. The highest BCUT2D eigenvalue weighted by atomic mass is 19.1. The first-order valence-electron chi connectivity index (χ1n) is 9.99. The van der Waals surface area contributed by atoms with Crippen molar-refractivity contribution in [2.24, 2.45) is 7.05 Å². The largest absolute Gasteiger partial charge is 0.437 e. The Kier molecular flexibility index (Phi) is 4.17. The van der Waals surface area contributed by atoms with Crippen LogP contribution in [0.25, 0.3) is 44.5 Å². The highest BCUT2D eigenvalue weighted by molar-refractivity contribution is 6.09. The van der Waals surface area contributed by atoms with E-state index >= 15 is 0 Å². The van der Waals surface area contributed by atoms with Gasteiger partial charge in [0.25, 0.3) is 0 Å². The lowest BCUT2D eigenvalue weighted by Crippen LogP contribution is -2.31. The molecule has 148 valence electrons. The van der Waals surface area contributed by atoms with Gasteiger partial charge in [0.1, 0.15) is 12.9 Å². The van der Waals surface area contributed by atoms with Gasteiger partial charge in [-0.1, -0.05) is 24.3 Å². The molecule has 0 amide bonds. The molecular formula is C26H22FN2O+. The molecule has 0 aliphatic rings. The number of hydrogen-bond acceptors (Lipinski definition) is 2. The van der Waals surface area contributed by atoms with Gasteiger partial charge in [0.15, 0.2) is 11.8 Å². The van der Waals surface area contributed by atoms with Crippen molar-refractivity contribution in [2.45, 2.75) is 20.8 Å². The highest BCUT2D eigenvalue weighted by Gasteiger charge is 2.25. The molecule has 0 fully saturated rings. The SMILES string of the molecule is Cc1ccc2c(n1)oc1c(-c3c(-c4ccc(C)c(F)c4)ccc[n+]3C)c(C)ccc12. The molecule has 5 rings (SSSR count). The lowest BCUT2D eigenvalue weighted by Gasteiger charge is -2.11. The molecule has 0 radical (unpaired) electrons. The summed E-state index contributed by atoms with van der Waals surface area (Å²) in [5, 5.41) is 2.03. The van der Waals surface area contributed by atoms with Crippen molar-refractivity contribution in [3.8, 4) is 22.4 Å². The minimum Gasteiger partial charge on any atom is -0.437 e. The molecule has 0 bridgehead atoms. The first-order valence-corrected chi connectivity index (χ1v) is 9.99. The topological polar surface area (TPSA) is 29.9 Å². The van der Waals surface area contributed by atoms with Crippen LogP contribution in [0.15, 0.2) is 65.2 Å². The van der Waals surface area contributed by atoms with E-state index < -0.39 is 0 Å². The van der Waals surface area contributed by atoms with Gasteiger partial charge in [-0.25, -0.2) is 13.9 Å². The zero-order valence-corrected chi connectivity index (χ0v) is 17.5. The summed E-state index contributed by atoms with van der Waals surface area (Å²) in [4.78, 5) is 4.58. The summed E-state index contributed by atoms with van der Waals surface area (Å²) < 4.78 is 22.7. The average Bonchev–Trinajstić information content (AvgIpc) is 3.08. The molecular weight excluding hydrogens is 375 g/mol. The van der Waals surface area contributed by atoms with Crippen LogP contribution in [0, 0.1) is 26.6 Å². The van der Waals surface area contributed by atoms with E-state index in [9.17, 15) is 4.39 Å². The third-order valence-corrected chi connectivity index (χ3v) is 5.75. The number of pyridine rings is 2. The van der Waals surface area contributed by atoms with Gasteiger partial charge in [0.2, 0.25) is 11.4 Å². The van der Waals surface area contributed by atoms with E-state index in [-0.39, 0.29) is 5.82 Å². The van der Waals surface area contributed by atoms with Gasteiger partial charge < -0.3 is 4.42 Å². The monoisotopic (exact) mass is 397 g/mol. The summed E-state index contributed by atoms with van der Waals surface area (Å²) in [6, 6.07) is 17.7. The molecule has 4 heteroatoms. The summed E-state index contributed by atoms with van der Waals surface area (Å²) in [7, 11) is 2.01. The van der Waals surface area contributed by atoms with E-state index in [0.717, 1.165) is 50.0 Å². The smallest absolute Gasteiger partial charge is 0.227 e. The fraction of sp³-hybridized carbons (Fsp3) is 0.154. The zero-order chi connectivity index (χ0) is 21.0. The quantitative estimate of drug-likeness (QED) is 0.332. The maximum atomic E-state index is 14.4. The molecule has 30 heavy (non-hydrogen) atoms. The zero-order valence-electron chi connectivity index (χ0n) is 17.5. The first kappa shape index (κ1) is 18.5. The second kappa shape index (κ2) is 6.77. The van der Waals surface area contributed by atoms with E-state index in [4.69, 9.17) is 4.42 Å². The van der Waals surface area contributed by atoms with Gasteiger partial charge in [-0.15, -0.1) is 0 Å². The molecule has 3 nitrogen and oxygen atoms in total. The van der Waals surface area contributed by atoms with Crippen LogP contribution in [0.3, 0.4) is 0 Å². The molecule has 0 atom stereocenters. The Bertz CT molecular complexity index is 1450. The van der Waals surface area contributed by atoms with E-state index in [1.807, 2.05) is 50.5 Å². The van der Waals surface area contributed by atoms with Crippen molar-refractivity contribution < 1.29 is 13.4 Å². The molecule has 0 unspecified atom stereocenters. The number of hydrogen-bond donors (Lipinski definition) is 0. The van der Waals surface area contributed by atoms with Crippen LogP contribution in [0.4, 0.5) is 4.39 Å². The van der Waals surface area contributed by atoms with Crippen LogP contribution < -0.4 is 4.57 Å². The van der Waals surface area contributed by atoms with Crippen LogP contribution in [-0.4, -0.2) is 4.98 Å². The summed E-state index contributed by atoms with van der Waals surface area (Å²) in [5.41, 5.74) is 7.87. The van der Waals surface area contributed by atoms with E-state index in [0.29, 0.717) is 11.3 Å². The van der Waals surface area contributed by atoms with Crippen LogP contribution >= 0.6 is 0 Å². The number of aromatic nitrogens is 2. The Morgan fingerprint density at radius 3 is 2.47 bits per heavy atom. The van der Waals surface area contributed by atoms with Crippen molar-refractivity contribution >= 4 is 22.1 Å². The Morgan fingerprint density at radius 1 is 0.900 bits per heavy atom. The lowest BCUT2D eigenvalue weighted by molar-refractivity contribution is -0.659. The average molecular weight is 397 g/mol. The maximum absolute atomic E-state index is 14.4. The minimum absolute atomic E-state index is 0.205. The van der Waals surface area contributed by atoms with Crippen molar-refractivity contribution in [1.29, 1.82) is 0 Å². The van der Waals surface area contributed by atoms with Crippen LogP contribution in [-0.2, 0) is 7.05 Å². The van der Waals surface area contributed by atoms with E-state index in [2.05, 4.69) is 34.7 Å². The number of aryl methyl sites for hydroxylation is 4. The summed E-state index contributed by atoms with van der Waals surface area (Å²) in [6.45, 7) is 5.81. The van der Waals surface area contributed by atoms with Crippen LogP contribution in [0.5, 0.6) is 0 Å². The Labute approximate surface area is 174 Å². The molecule has 0 aliphatic carbocycles. The molecule has 0 aliphatic heterocycles. The summed E-state index contributed by atoms with van der Waals surface area (Å²) in [6.07, 6.45) is 2.01. The fourth-order valence-electron chi connectivity index (χ4n) is 4.12. The Balaban J connectivity index is 1.88. The molecule has 0 N–H and O–H groups in total. The standard InChI is InChI=1S/C26H22FN2O/c1-15-7-10-18(14-22(15)27)19-6-5-13-29(4)24(19)23-16(2)8-11-20-21-12-9-17(3)28-26(21)30-25(20)23/h5-14H,1-4H3/q+1. The number of nitrogens with zero attached hydrogens (tertiary/aromatic N) is 2. The first-order chi connectivity index (χ1) is 14.4. The predicted octanol–water partition coefficient (Wildman–Crippen LogP) is 6.20. The van der Waals surface area contributed by atoms with Gasteiger partial charge in [-0.2, -0.15) is 0 Å². The number of rotatable bonds is 2. The van der Waals surface area contributed by atoms with E-state index in [1.165, 1.54) is 0 Å². The summed E-state index contributed by atoms with van der Waals surface area (Å²) in [5.74, 6) is -0.205. The molecule has 0 saturated carbocycles. The number of benzene rings is 2. The predicted molar refractivity (Wildman–Crippen MR) is 118 cm³/mol. The normalized spacial score (nSPS) is 11.5. The molecule has 5 aromatic rings. The fourth-order valence-corrected chi connectivity index (χ4v) is 4.12. The number of fused-ring (bicyclic) bond motifs is 3. The second-order valence-electron chi connectivity index (χ2n) is 7.89. The summed E-state index contributed by atoms with van der Waals surface area (Å²) >= 11 is 0. The van der Waals surface area contributed by atoms with Gasteiger partial charge >= 0.3 is 0 Å². The molecule has 0 saturated heterocycles. The van der Waals surface area contributed by atoms with Crippen LogP contribution in [0.2, 0.25) is 0 Å². The van der Waals surface area contributed by atoms with Crippen molar-refractivity contribution in [1.82, 2.24) is 4.98 Å². The Hall–Kier alpha value is -3.53. The molecule has 2 aromatic carbocycles.